The number of nitrogens with zero attached hydrogens (tertiary/aromatic N) is 3. The molecule has 0 aliphatic rings. The van der Waals surface area contributed by atoms with Crippen molar-refractivity contribution in [3.05, 3.63) is 65.1 Å². The summed E-state index contributed by atoms with van der Waals surface area (Å²) in [5.41, 5.74) is 6.04. The van der Waals surface area contributed by atoms with Crippen molar-refractivity contribution in [1.29, 1.82) is 5.26 Å². The molecule has 0 spiro atoms. The fraction of sp³-hybridized carbons (Fsp3) is 0.250. The first-order valence-electron chi connectivity index (χ1n) is 8.18. The molecule has 5 nitrogen and oxygen atoms in total. The summed E-state index contributed by atoms with van der Waals surface area (Å²) in [5.74, 6) is 0.497. The average Bonchev–Trinajstić information content (AvgIpc) is 2.62. The van der Waals surface area contributed by atoms with Crippen LogP contribution in [0.3, 0.4) is 0 Å². The minimum atomic E-state index is 0.497. The van der Waals surface area contributed by atoms with Crippen molar-refractivity contribution in [2.75, 3.05) is 11.9 Å². The monoisotopic (exact) mass is 333 g/mol. The van der Waals surface area contributed by atoms with Gasteiger partial charge in [0.25, 0.3) is 0 Å². The van der Waals surface area contributed by atoms with Crippen LogP contribution >= 0.6 is 0 Å². The van der Waals surface area contributed by atoms with Gasteiger partial charge in [0.2, 0.25) is 5.95 Å². The molecule has 0 fully saturated rings. The maximum atomic E-state index is 9.26. The highest BCUT2D eigenvalue weighted by molar-refractivity contribution is 5.76. The van der Waals surface area contributed by atoms with Crippen molar-refractivity contribution in [3.8, 4) is 6.07 Å². The Balaban J connectivity index is 2.27. The quantitative estimate of drug-likeness (QED) is 0.610. The third kappa shape index (κ3) is 4.45. The average molecular weight is 333 g/mol. The highest BCUT2D eigenvalue weighted by Crippen LogP contribution is 2.23. The molecule has 2 aromatic rings. The number of rotatable bonds is 6. The van der Waals surface area contributed by atoms with E-state index in [0.717, 1.165) is 11.3 Å². The fourth-order valence-electron chi connectivity index (χ4n) is 2.31. The van der Waals surface area contributed by atoms with Gasteiger partial charge < -0.3 is 10.6 Å². The molecule has 0 saturated heterocycles. The topological polar surface area (TPSA) is 73.6 Å². The predicted octanol–water partition coefficient (Wildman–Crippen LogP) is 4.26. The van der Waals surface area contributed by atoms with Crippen LogP contribution in [0.2, 0.25) is 0 Å². The second-order valence-electron chi connectivity index (χ2n) is 5.81. The van der Waals surface area contributed by atoms with Crippen LogP contribution in [0, 0.1) is 25.2 Å². The summed E-state index contributed by atoms with van der Waals surface area (Å²) < 4.78 is 0. The molecule has 128 valence electrons. The molecule has 25 heavy (non-hydrogen) atoms. The third-order valence-corrected chi connectivity index (χ3v) is 4.02. The molecule has 0 aliphatic carbocycles. The Morgan fingerprint density at radius 2 is 2.00 bits per heavy atom. The van der Waals surface area contributed by atoms with Crippen molar-refractivity contribution in [2.24, 2.45) is 0 Å². The van der Waals surface area contributed by atoms with Crippen LogP contribution in [0.15, 0.2) is 48.3 Å². The normalized spacial score (nSPS) is 11.3. The molecule has 0 unspecified atom stereocenters. The van der Waals surface area contributed by atoms with E-state index in [1.54, 1.807) is 12.3 Å². The second kappa shape index (κ2) is 8.11. The molecule has 1 aromatic heterocycles. The number of anilines is 2. The van der Waals surface area contributed by atoms with Gasteiger partial charge in [-0.15, -0.1) is 0 Å². The van der Waals surface area contributed by atoms with E-state index >= 15 is 0 Å². The van der Waals surface area contributed by atoms with Gasteiger partial charge in [0.15, 0.2) is 0 Å². The molecule has 0 radical (unpaired) electrons. The number of nitrogens with one attached hydrogen (secondary N) is 2. The van der Waals surface area contributed by atoms with Crippen LogP contribution in [0.1, 0.15) is 30.7 Å². The van der Waals surface area contributed by atoms with Gasteiger partial charge in [-0.1, -0.05) is 12.6 Å². The number of allylic oxidation sites excluding steroid dienone is 3. The van der Waals surface area contributed by atoms with E-state index in [9.17, 15) is 5.26 Å². The van der Waals surface area contributed by atoms with Crippen LogP contribution in [0.25, 0.3) is 5.57 Å². The Bertz CT molecular complexity index is 859. The zero-order chi connectivity index (χ0) is 18.4. The fourth-order valence-corrected chi connectivity index (χ4v) is 2.31. The maximum Gasteiger partial charge on any atom is 0.227 e. The number of aromatic nitrogens is 2. The minimum Gasteiger partial charge on any atom is -0.377 e. The van der Waals surface area contributed by atoms with E-state index in [1.165, 1.54) is 11.1 Å². The first-order chi connectivity index (χ1) is 12.0. The number of hydrogen-bond acceptors (Lipinski definition) is 5. The largest absolute Gasteiger partial charge is 0.377 e. The molecule has 0 atom stereocenters. The van der Waals surface area contributed by atoms with E-state index in [1.807, 2.05) is 19.9 Å². The van der Waals surface area contributed by atoms with Crippen LogP contribution in [0.4, 0.5) is 11.6 Å². The Morgan fingerprint density at radius 1 is 1.24 bits per heavy atom. The van der Waals surface area contributed by atoms with Gasteiger partial charge in [-0.2, -0.15) is 5.26 Å². The Kier molecular flexibility index (Phi) is 5.91. The predicted molar refractivity (Wildman–Crippen MR) is 102 cm³/mol. The second-order valence-corrected chi connectivity index (χ2v) is 5.81. The van der Waals surface area contributed by atoms with E-state index in [0.29, 0.717) is 29.5 Å². The molecule has 0 saturated carbocycles. The van der Waals surface area contributed by atoms with Crippen LogP contribution < -0.4 is 10.6 Å². The number of nitriles is 1. The lowest BCUT2D eigenvalue weighted by Gasteiger charge is -2.11. The summed E-state index contributed by atoms with van der Waals surface area (Å²) in [7, 11) is 0. The smallest absolute Gasteiger partial charge is 0.227 e. The summed E-state index contributed by atoms with van der Waals surface area (Å²) in [6, 6.07) is 10.1. The summed E-state index contributed by atoms with van der Waals surface area (Å²) >= 11 is 0. The highest BCUT2D eigenvalue weighted by Gasteiger charge is 2.10. The van der Waals surface area contributed by atoms with E-state index < -0.39 is 0 Å². The molecule has 1 aromatic carbocycles. The van der Waals surface area contributed by atoms with Crippen molar-refractivity contribution in [2.45, 2.75) is 27.7 Å². The van der Waals surface area contributed by atoms with Crippen LogP contribution in [-0.4, -0.2) is 16.5 Å². The Hall–Kier alpha value is -3.13. The van der Waals surface area contributed by atoms with Gasteiger partial charge in [-0.05, 0) is 68.2 Å². The zero-order valence-corrected chi connectivity index (χ0v) is 15.1. The van der Waals surface area contributed by atoms with Crippen molar-refractivity contribution in [3.63, 3.8) is 0 Å². The number of aryl methyl sites for hydroxylation is 2. The molecular weight excluding hydrogens is 310 g/mol. The van der Waals surface area contributed by atoms with E-state index in [4.69, 9.17) is 0 Å². The van der Waals surface area contributed by atoms with E-state index in [-0.39, 0.29) is 0 Å². The first-order valence-corrected chi connectivity index (χ1v) is 8.18. The standard InChI is InChI=1S/C20H23N5/c1-6-22-19(12-21)16(5)15(4)18-9-10-23-20(25-18)24-17-8-7-13(2)14(3)11-17/h7-11,22H,4,6H2,1-3,5H3,(H,23,24,25)/b19-16-. The molecule has 5 heteroatoms. The molecule has 0 aliphatic heterocycles. The lowest BCUT2D eigenvalue weighted by Crippen LogP contribution is -2.13. The molecule has 2 rings (SSSR count). The molecule has 1 heterocycles. The van der Waals surface area contributed by atoms with Crippen LogP contribution in [0.5, 0.6) is 0 Å². The van der Waals surface area contributed by atoms with Crippen molar-refractivity contribution in [1.82, 2.24) is 15.3 Å². The lowest BCUT2D eigenvalue weighted by atomic mass is 10.0. The van der Waals surface area contributed by atoms with Gasteiger partial charge in [-0.3, -0.25) is 0 Å². The molecule has 0 amide bonds. The lowest BCUT2D eigenvalue weighted by molar-refractivity contribution is 0.873. The molecule has 2 N–H and O–H groups in total. The van der Waals surface area contributed by atoms with Crippen LogP contribution in [-0.2, 0) is 0 Å². The summed E-state index contributed by atoms with van der Waals surface area (Å²) in [6.07, 6.45) is 1.68. The SMILES string of the molecule is C=C(/C(C)=C(/C#N)NCC)c1ccnc(Nc2ccc(C)c(C)c2)n1. The minimum absolute atomic E-state index is 0.497. The highest BCUT2D eigenvalue weighted by atomic mass is 15.1. The molecular formula is C20H23N5. The Morgan fingerprint density at radius 3 is 2.64 bits per heavy atom. The van der Waals surface area contributed by atoms with Gasteiger partial charge in [-0.25, -0.2) is 9.97 Å². The molecule has 0 bridgehead atoms. The van der Waals surface area contributed by atoms with Gasteiger partial charge >= 0.3 is 0 Å². The van der Waals surface area contributed by atoms with Crippen molar-refractivity contribution >= 4 is 17.2 Å². The van der Waals surface area contributed by atoms with Gasteiger partial charge in [0.05, 0.1) is 5.69 Å². The zero-order valence-electron chi connectivity index (χ0n) is 15.1. The first kappa shape index (κ1) is 18.2. The van der Waals surface area contributed by atoms with Gasteiger partial charge in [0.1, 0.15) is 11.8 Å². The Labute approximate surface area is 149 Å². The number of benzene rings is 1. The number of hydrogen-bond donors (Lipinski definition) is 2. The van der Waals surface area contributed by atoms with Crippen molar-refractivity contribution < 1.29 is 0 Å². The summed E-state index contributed by atoms with van der Waals surface area (Å²) in [4.78, 5) is 8.79. The maximum absolute atomic E-state index is 9.26. The summed E-state index contributed by atoms with van der Waals surface area (Å²) in [5, 5.41) is 15.5. The van der Waals surface area contributed by atoms with Gasteiger partial charge in [0, 0.05) is 18.4 Å². The third-order valence-electron chi connectivity index (χ3n) is 4.02. The van der Waals surface area contributed by atoms with E-state index in [2.05, 4.69) is 59.2 Å². The summed E-state index contributed by atoms with van der Waals surface area (Å²) in [6.45, 7) is 12.7.